The molecule has 0 bridgehead atoms. The largest absolute Gasteiger partial charge is 0.497 e. The molecule has 7 nitrogen and oxygen atoms in total. The average molecular weight is 556 g/mol. The van der Waals surface area contributed by atoms with Crippen LogP contribution in [0.3, 0.4) is 0 Å². The Morgan fingerprint density at radius 3 is 2.28 bits per heavy atom. The Morgan fingerprint density at radius 2 is 1.72 bits per heavy atom. The van der Waals surface area contributed by atoms with Crippen molar-refractivity contribution in [2.75, 3.05) is 27.3 Å². The van der Waals surface area contributed by atoms with E-state index in [1.165, 1.54) is 14.2 Å². The monoisotopic (exact) mass is 555 g/mol. The normalized spacial score (nSPS) is 16.9. The fraction of sp³-hybridized carbons (Fsp3) is 0.452. The van der Waals surface area contributed by atoms with Crippen LogP contribution in [0.4, 0.5) is 4.79 Å². The summed E-state index contributed by atoms with van der Waals surface area (Å²) in [4.78, 5) is 14.6. The number of sulfone groups is 1. The van der Waals surface area contributed by atoms with Crippen LogP contribution in [0.25, 0.3) is 10.8 Å². The number of carbonyl (C=O) groups excluding carboxylic acids is 1. The summed E-state index contributed by atoms with van der Waals surface area (Å²) in [7, 11) is -0.726. The van der Waals surface area contributed by atoms with Crippen LogP contribution in [-0.2, 0) is 24.0 Å². The van der Waals surface area contributed by atoms with Crippen molar-refractivity contribution in [3.63, 3.8) is 0 Å². The number of rotatable bonds is 9. The first-order chi connectivity index (χ1) is 18.4. The van der Waals surface area contributed by atoms with Crippen molar-refractivity contribution in [1.82, 2.24) is 4.90 Å². The fourth-order valence-electron chi connectivity index (χ4n) is 4.82. The minimum atomic E-state index is -3.78. The summed E-state index contributed by atoms with van der Waals surface area (Å²) < 4.78 is 45.4. The number of carbonyl (C=O) groups is 1. The SMILES string of the molecule is C=C/C(C)=C\C(OC)=C(\CC(C1CCN(C(=O)OC(C)(C)C)CC1)S(=O)(=O)c1ccc2ccccc2c1)OC. The summed E-state index contributed by atoms with van der Waals surface area (Å²) in [5.41, 5.74) is 0.266. The van der Waals surface area contributed by atoms with Crippen LogP contribution >= 0.6 is 0 Å². The van der Waals surface area contributed by atoms with Crippen LogP contribution in [0.2, 0.25) is 0 Å². The Kier molecular flexibility index (Phi) is 9.88. The van der Waals surface area contributed by atoms with E-state index < -0.39 is 20.7 Å². The lowest BCUT2D eigenvalue weighted by atomic mass is 9.91. The van der Waals surface area contributed by atoms with Crippen LogP contribution in [-0.4, -0.2) is 57.6 Å². The summed E-state index contributed by atoms with van der Waals surface area (Å²) in [5.74, 6) is 0.704. The van der Waals surface area contributed by atoms with Gasteiger partial charge >= 0.3 is 6.09 Å². The number of hydrogen-bond donors (Lipinski definition) is 0. The maximum Gasteiger partial charge on any atom is 0.410 e. The van der Waals surface area contributed by atoms with Gasteiger partial charge in [-0.15, -0.1) is 0 Å². The van der Waals surface area contributed by atoms with Crippen LogP contribution in [0, 0.1) is 5.92 Å². The molecule has 2 aromatic carbocycles. The van der Waals surface area contributed by atoms with Crippen LogP contribution in [0.15, 0.2) is 83.2 Å². The lowest BCUT2D eigenvalue weighted by Crippen LogP contribution is -2.45. The summed E-state index contributed by atoms with van der Waals surface area (Å²) >= 11 is 0. The molecular formula is C31H41NO6S. The van der Waals surface area contributed by atoms with E-state index in [9.17, 15) is 13.2 Å². The van der Waals surface area contributed by atoms with E-state index >= 15 is 0 Å². The Hall–Kier alpha value is -3.26. The Labute approximate surface area is 233 Å². The van der Waals surface area contributed by atoms with Crippen molar-refractivity contribution in [2.24, 2.45) is 5.92 Å². The number of nitrogens with zero attached hydrogens (tertiary/aromatic N) is 1. The molecule has 1 aliphatic rings. The van der Waals surface area contributed by atoms with E-state index in [2.05, 4.69) is 6.58 Å². The topological polar surface area (TPSA) is 82.1 Å². The molecule has 0 aromatic heterocycles. The van der Waals surface area contributed by atoms with Crippen molar-refractivity contribution in [3.05, 3.63) is 78.3 Å². The van der Waals surface area contributed by atoms with Gasteiger partial charge in [0.1, 0.15) is 11.4 Å². The molecule has 39 heavy (non-hydrogen) atoms. The molecule has 1 saturated heterocycles. The van der Waals surface area contributed by atoms with Gasteiger partial charge in [-0.3, -0.25) is 0 Å². The zero-order valence-electron chi connectivity index (χ0n) is 23.9. The molecular weight excluding hydrogens is 514 g/mol. The number of allylic oxidation sites excluding steroid dienone is 4. The van der Waals surface area contributed by atoms with E-state index in [0.29, 0.717) is 37.4 Å². The maximum absolute atomic E-state index is 14.3. The lowest BCUT2D eigenvalue weighted by molar-refractivity contribution is 0.0181. The Bertz CT molecular complexity index is 1340. The van der Waals surface area contributed by atoms with Crippen molar-refractivity contribution < 1.29 is 27.4 Å². The van der Waals surface area contributed by atoms with E-state index in [0.717, 1.165) is 16.3 Å². The second-order valence-corrected chi connectivity index (χ2v) is 13.1. The number of hydrogen-bond acceptors (Lipinski definition) is 6. The third kappa shape index (κ3) is 7.66. The predicted octanol–water partition coefficient (Wildman–Crippen LogP) is 6.66. The summed E-state index contributed by atoms with van der Waals surface area (Å²) in [6, 6.07) is 13.0. The molecule has 0 aliphatic carbocycles. The average Bonchev–Trinajstić information content (AvgIpc) is 2.91. The molecule has 0 saturated carbocycles. The maximum atomic E-state index is 14.3. The van der Waals surface area contributed by atoms with Gasteiger partial charge in [-0.1, -0.05) is 43.0 Å². The van der Waals surface area contributed by atoms with Gasteiger partial charge in [-0.2, -0.15) is 0 Å². The molecule has 0 spiro atoms. The van der Waals surface area contributed by atoms with Crippen molar-refractivity contribution in [1.29, 1.82) is 0 Å². The molecule has 0 N–H and O–H groups in total. The highest BCUT2D eigenvalue weighted by atomic mass is 32.2. The van der Waals surface area contributed by atoms with Crippen molar-refractivity contribution in [2.45, 2.75) is 62.7 Å². The quantitative estimate of drug-likeness (QED) is 0.254. The number of benzene rings is 2. The smallest absolute Gasteiger partial charge is 0.410 e. The number of piperidine rings is 1. The van der Waals surface area contributed by atoms with Crippen LogP contribution in [0.5, 0.6) is 0 Å². The van der Waals surface area contributed by atoms with Crippen LogP contribution < -0.4 is 0 Å². The molecule has 212 valence electrons. The number of amides is 1. The van der Waals surface area contributed by atoms with E-state index in [4.69, 9.17) is 14.2 Å². The van der Waals surface area contributed by atoms with Crippen molar-refractivity contribution in [3.8, 4) is 0 Å². The number of methoxy groups -OCH3 is 2. The van der Waals surface area contributed by atoms with Gasteiger partial charge in [0, 0.05) is 19.5 Å². The molecule has 1 atom stereocenters. The molecule has 1 fully saturated rings. The first-order valence-corrected chi connectivity index (χ1v) is 14.8. The molecule has 1 unspecified atom stereocenters. The molecule has 0 radical (unpaired) electrons. The molecule has 1 aliphatic heterocycles. The lowest BCUT2D eigenvalue weighted by Gasteiger charge is -2.36. The number of likely N-dealkylation sites (tertiary alicyclic amines) is 1. The van der Waals surface area contributed by atoms with Gasteiger partial charge in [0.15, 0.2) is 15.6 Å². The molecule has 3 rings (SSSR count). The van der Waals surface area contributed by atoms with Crippen LogP contribution in [0.1, 0.15) is 47.0 Å². The second kappa shape index (κ2) is 12.7. The zero-order chi connectivity index (χ0) is 28.8. The standard InChI is InChI=1S/C31H41NO6S/c1-8-22(2)19-27(36-6)28(37-7)21-29(24-15-17-32(18-16-24)30(33)38-31(3,4)5)39(34,35)26-14-13-23-11-9-10-12-25(23)20-26/h8-14,19-20,24,29H,1,15-18,21H2,2-7H3/b22-19-,28-27+. The third-order valence-electron chi connectivity index (χ3n) is 6.97. The highest BCUT2D eigenvalue weighted by molar-refractivity contribution is 7.92. The predicted molar refractivity (Wildman–Crippen MR) is 155 cm³/mol. The van der Waals surface area contributed by atoms with Gasteiger partial charge in [0.25, 0.3) is 0 Å². The fourth-order valence-corrected chi connectivity index (χ4v) is 6.86. The summed E-state index contributed by atoms with van der Waals surface area (Å²) in [6.45, 7) is 12.0. The van der Waals surface area contributed by atoms with E-state index in [1.54, 1.807) is 29.2 Å². The van der Waals surface area contributed by atoms with Crippen molar-refractivity contribution >= 4 is 26.7 Å². The van der Waals surface area contributed by atoms with E-state index in [1.807, 2.05) is 58.0 Å². The zero-order valence-corrected chi connectivity index (χ0v) is 24.7. The highest BCUT2D eigenvalue weighted by Crippen LogP contribution is 2.35. The van der Waals surface area contributed by atoms with Gasteiger partial charge in [-0.05, 0) is 81.0 Å². The Balaban J connectivity index is 2.00. The van der Waals surface area contributed by atoms with Gasteiger partial charge in [0.05, 0.1) is 24.4 Å². The molecule has 1 heterocycles. The molecule has 8 heteroatoms. The number of ether oxygens (including phenoxy) is 3. The third-order valence-corrected chi connectivity index (χ3v) is 9.23. The molecule has 1 amide bonds. The Morgan fingerprint density at radius 1 is 1.08 bits per heavy atom. The van der Waals surface area contributed by atoms with Gasteiger partial charge in [0.2, 0.25) is 0 Å². The van der Waals surface area contributed by atoms with Gasteiger partial charge in [-0.25, -0.2) is 13.2 Å². The first kappa shape index (κ1) is 30.3. The summed E-state index contributed by atoms with van der Waals surface area (Å²) in [5, 5.41) is 1.06. The highest BCUT2D eigenvalue weighted by Gasteiger charge is 2.39. The second-order valence-electron chi connectivity index (χ2n) is 10.9. The number of fused-ring (bicyclic) bond motifs is 1. The first-order valence-electron chi connectivity index (χ1n) is 13.2. The minimum absolute atomic E-state index is 0.132. The van der Waals surface area contributed by atoms with E-state index in [-0.39, 0.29) is 23.3 Å². The minimum Gasteiger partial charge on any atom is -0.497 e. The molecule has 2 aromatic rings. The summed E-state index contributed by atoms with van der Waals surface area (Å²) in [6.07, 6.45) is 4.29. The van der Waals surface area contributed by atoms with Gasteiger partial charge < -0.3 is 19.1 Å².